The Bertz CT molecular complexity index is 238. The first kappa shape index (κ1) is 6.16. The zero-order valence-corrected chi connectivity index (χ0v) is 5.39. The van der Waals surface area contributed by atoms with Gasteiger partial charge in [0.25, 0.3) is 0 Å². The van der Waals surface area contributed by atoms with Gasteiger partial charge in [-0.25, -0.2) is 0 Å². The predicted molar refractivity (Wildman–Crippen MR) is 36.0 cm³/mol. The Kier molecular flexibility index (Phi) is 1.75. The lowest BCUT2D eigenvalue weighted by atomic mass is 10.1. The zero-order chi connectivity index (χ0) is 6.69. The average Bonchev–Trinajstić information content (AvgIpc) is 1.89. The van der Waals surface area contributed by atoms with E-state index >= 15 is 0 Å². The molecule has 0 saturated heterocycles. The molecule has 0 aromatic rings. The van der Waals surface area contributed by atoms with Crippen LogP contribution < -0.4 is 0 Å². The van der Waals surface area contributed by atoms with E-state index in [1.165, 1.54) is 0 Å². The van der Waals surface area contributed by atoms with Gasteiger partial charge in [-0.3, -0.25) is 0 Å². The molecule has 44 valence electrons. The Morgan fingerprint density at radius 2 is 2.56 bits per heavy atom. The summed E-state index contributed by atoms with van der Waals surface area (Å²) in [7, 11) is 0. The Labute approximate surface area is 58.6 Å². The fourth-order valence-electron chi connectivity index (χ4n) is 0.559. The molecule has 0 saturated carbocycles. The van der Waals surface area contributed by atoms with Crippen LogP contribution in [0, 0.1) is 11.3 Å². The summed E-state index contributed by atoms with van der Waals surface area (Å²) in [5.41, 5.74) is 3.37. The van der Waals surface area contributed by atoms with E-state index in [-0.39, 0.29) is 5.38 Å². The third-order valence-electron chi connectivity index (χ3n) is 1.03. The van der Waals surface area contributed by atoms with Gasteiger partial charge in [0.2, 0.25) is 0 Å². The molecule has 0 spiro atoms. The average molecular weight is 138 g/mol. The quantitative estimate of drug-likeness (QED) is 0.369. The summed E-state index contributed by atoms with van der Waals surface area (Å²) in [6.07, 6.45) is 5.00. The molecule has 1 aliphatic rings. The molecule has 2 heteroatoms. The topological polar surface area (TPSA) is 23.8 Å². The van der Waals surface area contributed by atoms with E-state index in [1.807, 2.05) is 6.07 Å². The maximum atomic E-state index is 8.39. The molecule has 0 aromatic carbocycles. The lowest BCUT2D eigenvalue weighted by molar-refractivity contribution is 1.27. The molecule has 1 nitrogen and oxygen atoms in total. The summed E-state index contributed by atoms with van der Waals surface area (Å²) in [5.74, 6) is 0. The lowest BCUT2D eigenvalue weighted by Gasteiger charge is -1.99. The molecule has 0 N–H and O–H groups in total. The van der Waals surface area contributed by atoms with E-state index in [0.29, 0.717) is 5.57 Å². The van der Waals surface area contributed by atoms with Gasteiger partial charge in [-0.15, -0.1) is 17.3 Å². The highest BCUT2D eigenvalue weighted by Crippen LogP contribution is 2.12. The van der Waals surface area contributed by atoms with Gasteiger partial charge in [0, 0.05) is 0 Å². The fourth-order valence-corrected chi connectivity index (χ4v) is 0.753. The monoisotopic (exact) mass is 137 g/mol. The highest BCUT2D eigenvalue weighted by molar-refractivity contribution is 6.24. The highest BCUT2D eigenvalue weighted by atomic mass is 35.5. The van der Waals surface area contributed by atoms with Gasteiger partial charge in [-0.05, 0) is 18.2 Å². The predicted octanol–water partition coefficient (Wildman–Crippen LogP) is 1.77. The van der Waals surface area contributed by atoms with Crippen molar-refractivity contribution in [2.45, 2.75) is 5.38 Å². The van der Waals surface area contributed by atoms with Gasteiger partial charge < -0.3 is 0 Å². The summed E-state index contributed by atoms with van der Waals surface area (Å²) in [5, 5.41) is 8.11. The van der Waals surface area contributed by atoms with Gasteiger partial charge in [0.1, 0.15) is 0 Å². The molecule has 1 aliphatic carbocycles. The third-order valence-corrected chi connectivity index (χ3v) is 1.39. The van der Waals surface area contributed by atoms with Gasteiger partial charge in [-0.2, -0.15) is 5.26 Å². The number of hydrogen-bond acceptors (Lipinski definition) is 1. The van der Waals surface area contributed by atoms with E-state index in [9.17, 15) is 0 Å². The van der Waals surface area contributed by atoms with E-state index in [1.54, 1.807) is 18.2 Å². The molecular weight excluding hydrogens is 134 g/mol. The highest BCUT2D eigenvalue weighted by Gasteiger charge is 2.06. The molecule has 1 rings (SSSR count). The summed E-state index contributed by atoms with van der Waals surface area (Å²) >= 11 is 5.65. The maximum Gasteiger partial charge on any atom is 0.0966 e. The maximum absolute atomic E-state index is 8.39. The van der Waals surface area contributed by atoms with Crippen molar-refractivity contribution in [3.63, 3.8) is 0 Å². The number of alkyl halides is 1. The van der Waals surface area contributed by atoms with Crippen molar-refractivity contribution in [3.05, 3.63) is 29.5 Å². The Morgan fingerprint density at radius 3 is 3.00 bits per heavy atom. The van der Waals surface area contributed by atoms with Crippen LogP contribution in [0.5, 0.6) is 0 Å². The van der Waals surface area contributed by atoms with E-state index in [4.69, 9.17) is 16.9 Å². The van der Waals surface area contributed by atoms with Crippen LogP contribution in [0.15, 0.2) is 29.5 Å². The molecule has 0 amide bonds. The SMILES string of the molecule is N#CC1=CC=C=CC1Cl. The summed E-state index contributed by atoms with van der Waals surface area (Å²) in [6.45, 7) is 0. The van der Waals surface area contributed by atoms with Crippen molar-refractivity contribution >= 4 is 11.6 Å². The van der Waals surface area contributed by atoms with E-state index < -0.39 is 0 Å². The molecule has 0 aliphatic heterocycles. The Morgan fingerprint density at radius 1 is 1.78 bits per heavy atom. The number of nitriles is 1. The number of hydrogen-bond donors (Lipinski definition) is 0. The molecule has 0 radical (unpaired) electrons. The van der Waals surface area contributed by atoms with Crippen molar-refractivity contribution in [1.82, 2.24) is 0 Å². The summed E-state index contributed by atoms with van der Waals surface area (Å²) in [6, 6.07) is 1.98. The van der Waals surface area contributed by atoms with Crippen molar-refractivity contribution < 1.29 is 0 Å². The second-order valence-corrected chi connectivity index (χ2v) is 2.11. The molecule has 0 aromatic heterocycles. The molecule has 0 fully saturated rings. The molecule has 9 heavy (non-hydrogen) atoms. The minimum Gasteiger partial charge on any atom is -0.193 e. The Hall–Kier alpha value is -0.960. The number of nitrogens with zero attached hydrogens (tertiary/aromatic N) is 1. The zero-order valence-electron chi connectivity index (χ0n) is 4.63. The van der Waals surface area contributed by atoms with Crippen LogP contribution in [0.1, 0.15) is 0 Å². The first-order valence-corrected chi connectivity index (χ1v) is 2.95. The largest absolute Gasteiger partial charge is 0.193 e. The molecule has 0 bridgehead atoms. The molecule has 0 heterocycles. The van der Waals surface area contributed by atoms with Crippen molar-refractivity contribution in [3.8, 4) is 6.07 Å². The van der Waals surface area contributed by atoms with Crippen molar-refractivity contribution in [2.75, 3.05) is 0 Å². The van der Waals surface area contributed by atoms with E-state index in [2.05, 4.69) is 5.73 Å². The van der Waals surface area contributed by atoms with Gasteiger partial charge in [0.05, 0.1) is 17.0 Å². The third kappa shape index (κ3) is 1.23. The van der Waals surface area contributed by atoms with Crippen LogP contribution >= 0.6 is 11.6 Å². The summed E-state index contributed by atoms with van der Waals surface area (Å²) in [4.78, 5) is 0. The van der Waals surface area contributed by atoms with Gasteiger partial charge in [-0.1, -0.05) is 0 Å². The first-order valence-electron chi connectivity index (χ1n) is 2.51. The van der Waals surface area contributed by atoms with Crippen molar-refractivity contribution in [2.24, 2.45) is 0 Å². The second kappa shape index (κ2) is 2.55. The van der Waals surface area contributed by atoms with Crippen LogP contribution in [-0.2, 0) is 0 Å². The van der Waals surface area contributed by atoms with Crippen LogP contribution in [0.3, 0.4) is 0 Å². The number of rotatable bonds is 0. The molecular formula is C7H4ClN. The normalized spacial score (nSPS) is 23.1. The van der Waals surface area contributed by atoms with Crippen LogP contribution in [-0.4, -0.2) is 5.38 Å². The lowest BCUT2D eigenvalue weighted by Crippen LogP contribution is -1.97. The fraction of sp³-hybridized carbons (Fsp3) is 0.143. The van der Waals surface area contributed by atoms with Gasteiger partial charge >= 0.3 is 0 Å². The number of halogens is 1. The first-order chi connectivity index (χ1) is 4.34. The number of allylic oxidation sites excluding steroid dienone is 3. The smallest absolute Gasteiger partial charge is 0.0966 e. The minimum absolute atomic E-state index is 0.278. The Balaban J connectivity index is 2.92. The van der Waals surface area contributed by atoms with Crippen molar-refractivity contribution in [1.29, 1.82) is 5.26 Å². The molecule has 1 atom stereocenters. The standard InChI is InChI=1S/C7H4ClN/c8-7-4-2-1-3-6(7)5-9/h1,3-4,7H. The van der Waals surface area contributed by atoms with Crippen LogP contribution in [0.25, 0.3) is 0 Å². The minimum atomic E-state index is -0.278. The molecule has 1 unspecified atom stereocenters. The van der Waals surface area contributed by atoms with Crippen LogP contribution in [0.4, 0.5) is 0 Å². The van der Waals surface area contributed by atoms with Crippen LogP contribution in [0.2, 0.25) is 0 Å². The summed E-state index contributed by atoms with van der Waals surface area (Å²) < 4.78 is 0. The second-order valence-electron chi connectivity index (χ2n) is 1.64. The van der Waals surface area contributed by atoms with E-state index in [0.717, 1.165) is 0 Å². The van der Waals surface area contributed by atoms with Gasteiger partial charge in [0.15, 0.2) is 0 Å².